The van der Waals surface area contributed by atoms with E-state index >= 15 is 0 Å². The molecule has 0 radical (unpaired) electrons. The lowest BCUT2D eigenvalue weighted by Crippen LogP contribution is -2.37. The van der Waals surface area contributed by atoms with E-state index in [0.717, 1.165) is 24.0 Å². The van der Waals surface area contributed by atoms with E-state index in [1.165, 1.54) is 6.92 Å². The summed E-state index contributed by atoms with van der Waals surface area (Å²) in [7, 11) is 0. The summed E-state index contributed by atoms with van der Waals surface area (Å²) in [6.45, 7) is 13.4. The Morgan fingerprint density at radius 3 is 2.67 bits per heavy atom. The third-order valence-corrected chi connectivity index (χ3v) is 4.83. The molecule has 4 heteroatoms. The van der Waals surface area contributed by atoms with Crippen molar-refractivity contribution in [2.24, 2.45) is 5.92 Å². The first-order valence-electron chi connectivity index (χ1n) is 7.60. The van der Waals surface area contributed by atoms with Crippen molar-refractivity contribution in [3.63, 3.8) is 0 Å². The fourth-order valence-electron chi connectivity index (χ4n) is 3.18. The minimum absolute atomic E-state index is 0.0645. The van der Waals surface area contributed by atoms with E-state index in [1.807, 2.05) is 13.8 Å². The van der Waals surface area contributed by atoms with Crippen LogP contribution in [0.5, 0.6) is 0 Å². The number of allylic oxidation sites excluding steroid dienone is 1. The first kappa shape index (κ1) is 16.2. The van der Waals surface area contributed by atoms with Gasteiger partial charge in [0, 0.05) is 6.92 Å². The van der Waals surface area contributed by atoms with Gasteiger partial charge in [-0.15, -0.1) is 0 Å². The van der Waals surface area contributed by atoms with Gasteiger partial charge in [-0.3, -0.25) is 4.79 Å². The SMILES string of the molecule is C=C(C)[C@@H]1C[C@H](O)C(=C)CC[C@@H]2O[C@]2(C)[C@H](OC(C)=O)C1. The molecular weight excluding hydrogens is 268 g/mol. The third kappa shape index (κ3) is 3.55. The van der Waals surface area contributed by atoms with Crippen molar-refractivity contribution < 1.29 is 19.4 Å². The molecule has 1 saturated carbocycles. The highest BCUT2D eigenvalue weighted by Crippen LogP contribution is 2.47. The van der Waals surface area contributed by atoms with E-state index in [9.17, 15) is 9.90 Å². The smallest absolute Gasteiger partial charge is 0.303 e. The van der Waals surface area contributed by atoms with E-state index in [0.29, 0.717) is 12.8 Å². The number of hydrogen-bond acceptors (Lipinski definition) is 4. The molecule has 1 heterocycles. The molecule has 0 amide bonds. The number of epoxide rings is 1. The number of ether oxygens (including phenoxy) is 2. The fourth-order valence-corrected chi connectivity index (χ4v) is 3.18. The zero-order chi connectivity index (χ0) is 15.8. The van der Waals surface area contributed by atoms with Gasteiger partial charge in [-0.05, 0) is 51.0 Å². The van der Waals surface area contributed by atoms with E-state index in [1.54, 1.807) is 0 Å². The Bertz CT molecular complexity index is 456. The number of aliphatic hydroxyl groups excluding tert-OH is 1. The van der Waals surface area contributed by atoms with Gasteiger partial charge in [0.2, 0.25) is 0 Å². The Morgan fingerprint density at radius 2 is 2.10 bits per heavy atom. The highest BCUT2D eigenvalue weighted by atomic mass is 16.6. The van der Waals surface area contributed by atoms with E-state index < -0.39 is 11.7 Å². The van der Waals surface area contributed by atoms with E-state index in [2.05, 4.69) is 13.2 Å². The molecular formula is C17H26O4. The molecule has 1 aliphatic heterocycles. The fraction of sp³-hybridized carbons (Fsp3) is 0.706. The minimum Gasteiger partial charge on any atom is -0.459 e. The molecule has 0 aromatic rings. The van der Waals surface area contributed by atoms with Gasteiger partial charge in [-0.25, -0.2) is 0 Å². The van der Waals surface area contributed by atoms with Crippen LogP contribution in [0.2, 0.25) is 0 Å². The molecule has 0 spiro atoms. The summed E-state index contributed by atoms with van der Waals surface area (Å²) in [6.07, 6.45) is 1.99. The van der Waals surface area contributed by atoms with Crippen molar-refractivity contribution in [2.75, 3.05) is 0 Å². The van der Waals surface area contributed by atoms with Crippen LogP contribution in [0.15, 0.2) is 24.3 Å². The largest absolute Gasteiger partial charge is 0.459 e. The molecule has 2 rings (SSSR count). The standard InChI is InChI=1S/C17H26O4/c1-10(2)13-8-14(19)11(3)6-7-15-17(5,21-15)16(9-13)20-12(4)18/h13-16,19H,1,3,6-9H2,2,4-5H3/t13-,14+,15+,16-,17+/m1/s1. The number of aliphatic hydroxyl groups is 1. The van der Waals surface area contributed by atoms with Gasteiger partial charge in [0.25, 0.3) is 0 Å². The Morgan fingerprint density at radius 1 is 1.43 bits per heavy atom. The van der Waals surface area contributed by atoms with Gasteiger partial charge < -0.3 is 14.6 Å². The van der Waals surface area contributed by atoms with Gasteiger partial charge in [0.05, 0.1) is 12.2 Å². The predicted octanol–water partition coefficient (Wildman–Crippen LogP) is 2.76. The van der Waals surface area contributed by atoms with Crippen LogP contribution in [0, 0.1) is 5.92 Å². The van der Waals surface area contributed by atoms with Crippen molar-refractivity contribution in [2.45, 2.75) is 70.4 Å². The normalized spacial score (nSPS) is 40.1. The van der Waals surface area contributed by atoms with Crippen molar-refractivity contribution >= 4 is 5.97 Å². The van der Waals surface area contributed by atoms with Crippen molar-refractivity contribution in [1.82, 2.24) is 0 Å². The van der Waals surface area contributed by atoms with Gasteiger partial charge in [0.1, 0.15) is 11.7 Å². The summed E-state index contributed by atoms with van der Waals surface area (Å²) in [6, 6.07) is 0. The van der Waals surface area contributed by atoms with E-state index in [-0.39, 0.29) is 24.1 Å². The van der Waals surface area contributed by atoms with Crippen LogP contribution in [0.25, 0.3) is 0 Å². The first-order chi connectivity index (χ1) is 9.74. The molecule has 0 aromatic heterocycles. The summed E-state index contributed by atoms with van der Waals surface area (Å²) >= 11 is 0. The average Bonchev–Trinajstić information content (AvgIpc) is 3.05. The maximum Gasteiger partial charge on any atom is 0.303 e. The molecule has 0 aromatic carbocycles. The number of esters is 1. The molecule has 2 aliphatic rings. The van der Waals surface area contributed by atoms with Gasteiger partial charge >= 0.3 is 5.97 Å². The minimum atomic E-state index is -0.534. The van der Waals surface area contributed by atoms with Crippen LogP contribution in [0.1, 0.15) is 46.5 Å². The molecule has 5 atom stereocenters. The van der Waals surface area contributed by atoms with Crippen LogP contribution in [-0.2, 0) is 14.3 Å². The highest BCUT2D eigenvalue weighted by molar-refractivity contribution is 5.66. The van der Waals surface area contributed by atoms with Crippen LogP contribution in [-0.4, -0.2) is 35.0 Å². The molecule has 4 nitrogen and oxygen atoms in total. The lowest BCUT2D eigenvalue weighted by atomic mass is 9.81. The number of rotatable bonds is 2. The third-order valence-electron chi connectivity index (χ3n) is 4.83. The monoisotopic (exact) mass is 294 g/mol. The van der Waals surface area contributed by atoms with Gasteiger partial charge in [-0.2, -0.15) is 0 Å². The van der Waals surface area contributed by atoms with Crippen LogP contribution in [0.4, 0.5) is 0 Å². The Balaban J connectivity index is 2.22. The molecule has 1 aliphatic carbocycles. The van der Waals surface area contributed by atoms with E-state index in [4.69, 9.17) is 9.47 Å². The van der Waals surface area contributed by atoms with Crippen LogP contribution >= 0.6 is 0 Å². The molecule has 1 N–H and O–H groups in total. The van der Waals surface area contributed by atoms with Crippen LogP contribution < -0.4 is 0 Å². The number of carbonyl (C=O) groups excluding carboxylic acids is 1. The summed E-state index contributed by atoms with van der Waals surface area (Å²) in [5.41, 5.74) is 1.42. The second kappa shape index (κ2) is 5.93. The van der Waals surface area contributed by atoms with Crippen molar-refractivity contribution in [3.8, 4) is 0 Å². The second-order valence-corrected chi connectivity index (χ2v) is 6.62. The van der Waals surface area contributed by atoms with Crippen LogP contribution in [0.3, 0.4) is 0 Å². The molecule has 2 fully saturated rings. The molecule has 118 valence electrons. The molecule has 1 saturated heterocycles. The highest BCUT2D eigenvalue weighted by Gasteiger charge is 2.59. The Hall–Kier alpha value is -1.13. The van der Waals surface area contributed by atoms with Gasteiger partial charge in [0.15, 0.2) is 0 Å². The summed E-state index contributed by atoms with van der Waals surface area (Å²) in [5.74, 6) is -0.209. The number of hydrogen-bond donors (Lipinski definition) is 1. The predicted molar refractivity (Wildman–Crippen MR) is 80.8 cm³/mol. The Kier molecular flexibility index (Phi) is 4.59. The van der Waals surface area contributed by atoms with Gasteiger partial charge in [-0.1, -0.05) is 18.7 Å². The lowest BCUT2D eigenvalue weighted by molar-refractivity contribution is -0.150. The maximum atomic E-state index is 11.4. The molecule has 21 heavy (non-hydrogen) atoms. The summed E-state index contributed by atoms with van der Waals surface area (Å²) < 4.78 is 11.3. The molecule has 0 unspecified atom stereocenters. The van der Waals surface area contributed by atoms with Crippen molar-refractivity contribution in [3.05, 3.63) is 24.3 Å². The maximum absolute atomic E-state index is 11.4. The quantitative estimate of drug-likeness (QED) is 0.483. The summed E-state index contributed by atoms with van der Waals surface area (Å²) in [5, 5.41) is 10.3. The number of fused-ring (bicyclic) bond motifs is 1. The zero-order valence-electron chi connectivity index (χ0n) is 13.2. The Labute approximate surface area is 126 Å². The molecule has 0 bridgehead atoms. The summed E-state index contributed by atoms with van der Waals surface area (Å²) in [4.78, 5) is 11.4. The number of carbonyl (C=O) groups is 1. The zero-order valence-corrected chi connectivity index (χ0v) is 13.2. The second-order valence-electron chi connectivity index (χ2n) is 6.62. The first-order valence-corrected chi connectivity index (χ1v) is 7.60. The van der Waals surface area contributed by atoms with Crippen molar-refractivity contribution in [1.29, 1.82) is 0 Å². The average molecular weight is 294 g/mol. The lowest BCUT2D eigenvalue weighted by Gasteiger charge is -2.29. The topological polar surface area (TPSA) is 59.1 Å².